The van der Waals surface area contributed by atoms with E-state index in [0.717, 1.165) is 22.6 Å². The lowest BCUT2D eigenvalue weighted by molar-refractivity contribution is -0.138. The first kappa shape index (κ1) is 21.3. The van der Waals surface area contributed by atoms with Gasteiger partial charge in [0.2, 0.25) is 0 Å². The number of rotatable bonds is 10. The second kappa shape index (κ2) is 9.84. The molecule has 2 aromatic carbocycles. The van der Waals surface area contributed by atoms with E-state index in [1.807, 2.05) is 48.5 Å². The Morgan fingerprint density at radius 1 is 1.00 bits per heavy atom. The molecule has 0 saturated carbocycles. The number of benzene rings is 2. The molecule has 3 atom stereocenters. The van der Waals surface area contributed by atoms with E-state index in [4.69, 9.17) is 23.7 Å². The number of methoxy groups -OCH3 is 2. The Morgan fingerprint density at radius 3 is 2.07 bits per heavy atom. The van der Waals surface area contributed by atoms with E-state index in [1.54, 1.807) is 14.2 Å². The first-order valence-corrected chi connectivity index (χ1v) is 9.32. The Hall–Kier alpha value is -2.45. The number of hydrogen-bond donors (Lipinski definition) is 1. The van der Waals surface area contributed by atoms with Gasteiger partial charge in [-0.1, -0.05) is 24.3 Å². The van der Waals surface area contributed by atoms with Gasteiger partial charge < -0.3 is 33.6 Å². The molecule has 1 heterocycles. The summed E-state index contributed by atoms with van der Waals surface area (Å²) in [4.78, 5) is 11.4. The summed E-state index contributed by atoms with van der Waals surface area (Å²) in [7, 11) is 3.21. The highest BCUT2D eigenvalue weighted by molar-refractivity contribution is 5.58. The fourth-order valence-electron chi connectivity index (χ4n) is 3.18. The molecule has 1 fully saturated rings. The van der Waals surface area contributed by atoms with Crippen LogP contribution in [-0.4, -0.2) is 56.6 Å². The van der Waals surface area contributed by atoms with Crippen LogP contribution in [0, 0.1) is 0 Å². The SMILES string of the molecule is COc1ccc(COC[C@@]2(O)CO[C@@H](C=O)[C@H]2OCc2ccc(OC)cc2)cc1. The zero-order valence-corrected chi connectivity index (χ0v) is 16.6. The minimum Gasteiger partial charge on any atom is -0.497 e. The zero-order valence-electron chi connectivity index (χ0n) is 16.6. The predicted molar refractivity (Wildman–Crippen MR) is 105 cm³/mol. The van der Waals surface area contributed by atoms with E-state index in [-0.39, 0.29) is 19.8 Å². The van der Waals surface area contributed by atoms with Crippen LogP contribution in [0.25, 0.3) is 0 Å². The van der Waals surface area contributed by atoms with Gasteiger partial charge in [-0.3, -0.25) is 0 Å². The second-order valence-corrected chi connectivity index (χ2v) is 6.94. The minimum absolute atomic E-state index is 0.0172. The third-order valence-electron chi connectivity index (χ3n) is 4.86. The summed E-state index contributed by atoms with van der Waals surface area (Å²) in [6.07, 6.45) is -1.01. The molecule has 0 unspecified atom stereocenters. The molecule has 0 spiro atoms. The molecule has 1 saturated heterocycles. The number of aldehydes is 1. The fourth-order valence-corrected chi connectivity index (χ4v) is 3.18. The van der Waals surface area contributed by atoms with E-state index < -0.39 is 17.8 Å². The van der Waals surface area contributed by atoms with Crippen molar-refractivity contribution in [1.29, 1.82) is 0 Å². The smallest absolute Gasteiger partial charge is 0.151 e. The van der Waals surface area contributed by atoms with Crippen molar-refractivity contribution >= 4 is 6.29 Å². The van der Waals surface area contributed by atoms with Crippen LogP contribution in [0.5, 0.6) is 11.5 Å². The summed E-state index contributed by atoms with van der Waals surface area (Å²) in [6, 6.07) is 14.8. The van der Waals surface area contributed by atoms with Crippen LogP contribution in [0.2, 0.25) is 0 Å². The van der Waals surface area contributed by atoms with Crippen molar-refractivity contribution < 1.29 is 33.6 Å². The average molecular weight is 402 g/mol. The van der Waals surface area contributed by atoms with Crippen molar-refractivity contribution in [2.24, 2.45) is 0 Å². The molecule has 2 aromatic rings. The van der Waals surface area contributed by atoms with E-state index in [1.165, 1.54) is 0 Å². The van der Waals surface area contributed by atoms with Gasteiger partial charge >= 0.3 is 0 Å². The van der Waals surface area contributed by atoms with Crippen molar-refractivity contribution in [3.63, 3.8) is 0 Å². The van der Waals surface area contributed by atoms with Crippen molar-refractivity contribution in [2.45, 2.75) is 31.0 Å². The van der Waals surface area contributed by atoms with Gasteiger partial charge in [-0.05, 0) is 35.4 Å². The van der Waals surface area contributed by atoms with Gasteiger partial charge in [0, 0.05) is 0 Å². The monoisotopic (exact) mass is 402 g/mol. The molecule has 0 aromatic heterocycles. The minimum atomic E-state index is -1.41. The molecule has 0 radical (unpaired) electrons. The summed E-state index contributed by atoms with van der Waals surface area (Å²) in [5.74, 6) is 1.50. The van der Waals surface area contributed by atoms with Crippen LogP contribution < -0.4 is 9.47 Å². The molecule has 0 aliphatic carbocycles. The van der Waals surface area contributed by atoms with Gasteiger partial charge in [0.25, 0.3) is 0 Å². The first-order valence-electron chi connectivity index (χ1n) is 9.32. The summed E-state index contributed by atoms with van der Waals surface area (Å²) < 4.78 is 27.3. The molecule has 7 nitrogen and oxygen atoms in total. The second-order valence-electron chi connectivity index (χ2n) is 6.94. The quantitative estimate of drug-likeness (QED) is 0.610. The molecule has 1 aliphatic rings. The van der Waals surface area contributed by atoms with Crippen LogP contribution in [0.15, 0.2) is 48.5 Å². The highest BCUT2D eigenvalue weighted by Gasteiger charge is 2.50. The van der Waals surface area contributed by atoms with Crippen molar-refractivity contribution in [3.05, 3.63) is 59.7 Å². The highest BCUT2D eigenvalue weighted by Crippen LogP contribution is 2.29. The van der Waals surface area contributed by atoms with E-state index >= 15 is 0 Å². The third-order valence-corrected chi connectivity index (χ3v) is 4.86. The van der Waals surface area contributed by atoms with Crippen LogP contribution in [-0.2, 0) is 32.2 Å². The standard InChI is InChI=1S/C22H26O7/c1-25-18-7-3-16(4-8-18)12-27-14-22(24)15-29-20(11-23)21(22)28-13-17-5-9-19(26-2)10-6-17/h3-11,20-21,24H,12-15H2,1-2H3/t20-,21+,22+/m0/s1. The van der Waals surface area contributed by atoms with Crippen LogP contribution in [0.4, 0.5) is 0 Å². The topological polar surface area (TPSA) is 83.5 Å². The lowest BCUT2D eigenvalue weighted by atomic mass is 9.97. The number of hydrogen-bond acceptors (Lipinski definition) is 7. The van der Waals surface area contributed by atoms with Gasteiger partial charge in [-0.25, -0.2) is 0 Å². The lowest BCUT2D eigenvalue weighted by Gasteiger charge is -2.29. The number of carbonyl (C=O) groups excluding carboxylic acids is 1. The van der Waals surface area contributed by atoms with Crippen LogP contribution in [0.3, 0.4) is 0 Å². The fraction of sp³-hybridized carbons (Fsp3) is 0.409. The van der Waals surface area contributed by atoms with Gasteiger partial charge in [-0.15, -0.1) is 0 Å². The van der Waals surface area contributed by atoms with E-state index in [0.29, 0.717) is 12.9 Å². The largest absolute Gasteiger partial charge is 0.497 e. The summed E-state index contributed by atoms with van der Waals surface area (Å²) >= 11 is 0. The first-order chi connectivity index (χ1) is 14.1. The molecule has 1 N–H and O–H groups in total. The molecule has 156 valence electrons. The lowest BCUT2D eigenvalue weighted by Crippen LogP contribution is -2.49. The maximum absolute atomic E-state index is 11.4. The number of carbonyl (C=O) groups is 1. The molecule has 3 rings (SSSR count). The molecular formula is C22H26O7. The maximum Gasteiger partial charge on any atom is 0.151 e. The summed E-state index contributed by atoms with van der Waals surface area (Å²) in [5.41, 5.74) is 0.421. The predicted octanol–water partition coefficient (Wildman–Crippen LogP) is 2.13. The normalized spacial score (nSPS) is 23.7. The van der Waals surface area contributed by atoms with Gasteiger partial charge in [0.1, 0.15) is 29.3 Å². The molecular weight excluding hydrogens is 376 g/mol. The Kier molecular flexibility index (Phi) is 7.22. The summed E-state index contributed by atoms with van der Waals surface area (Å²) in [5, 5.41) is 11.0. The molecule has 0 amide bonds. The van der Waals surface area contributed by atoms with Crippen molar-refractivity contribution in [1.82, 2.24) is 0 Å². The van der Waals surface area contributed by atoms with Gasteiger partial charge in [0.05, 0.1) is 40.6 Å². The van der Waals surface area contributed by atoms with Gasteiger partial charge in [0.15, 0.2) is 6.29 Å². The van der Waals surface area contributed by atoms with Crippen LogP contribution in [0.1, 0.15) is 11.1 Å². The van der Waals surface area contributed by atoms with Gasteiger partial charge in [-0.2, -0.15) is 0 Å². The molecule has 0 bridgehead atoms. The Bertz CT molecular complexity index is 775. The Morgan fingerprint density at radius 2 is 1.55 bits per heavy atom. The van der Waals surface area contributed by atoms with E-state index in [9.17, 15) is 9.90 Å². The highest BCUT2D eigenvalue weighted by atomic mass is 16.6. The number of ether oxygens (including phenoxy) is 5. The average Bonchev–Trinajstić information content (AvgIpc) is 3.08. The maximum atomic E-state index is 11.4. The van der Waals surface area contributed by atoms with E-state index in [2.05, 4.69) is 0 Å². The molecule has 7 heteroatoms. The van der Waals surface area contributed by atoms with Crippen molar-refractivity contribution in [2.75, 3.05) is 27.4 Å². The third kappa shape index (κ3) is 5.33. The number of aliphatic hydroxyl groups is 1. The molecule has 29 heavy (non-hydrogen) atoms. The van der Waals surface area contributed by atoms with Crippen molar-refractivity contribution in [3.8, 4) is 11.5 Å². The molecule has 1 aliphatic heterocycles. The summed E-state index contributed by atoms with van der Waals surface area (Å²) in [6.45, 7) is 0.482. The Balaban J connectivity index is 1.57. The van der Waals surface area contributed by atoms with Crippen LogP contribution >= 0.6 is 0 Å². The Labute approximate surface area is 170 Å². The zero-order chi connectivity index (χ0) is 20.7.